The summed E-state index contributed by atoms with van der Waals surface area (Å²) in [7, 11) is 0. The van der Waals surface area contributed by atoms with Crippen LogP contribution in [0.3, 0.4) is 0 Å². The van der Waals surface area contributed by atoms with Crippen molar-refractivity contribution in [2.45, 2.75) is 44.9 Å². The molecule has 2 aromatic rings. The minimum Gasteiger partial charge on any atom is -0.349 e. The molecule has 0 saturated heterocycles. The molecule has 0 aliphatic carbocycles. The molecule has 1 amide bonds. The van der Waals surface area contributed by atoms with Crippen LogP contribution in [0.4, 0.5) is 0 Å². The molecule has 5 nitrogen and oxygen atoms in total. The first-order valence-corrected chi connectivity index (χ1v) is 8.36. The van der Waals surface area contributed by atoms with Crippen LogP contribution in [0.2, 0.25) is 0 Å². The number of hydrogen-bond acceptors (Lipinski definition) is 4. The zero-order valence-electron chi connectivity index (χ0n) is 13.4. The highest BCUT2D eigenvalue weighted by atomic mass is 32.2. The van der Waals surface area contributed by atoms with Crippen LogP contribution in [0.15, 0.2) is 35.5 Å². The molecule has 0 aliphatic rings. The molecule has 2 rings (SSSR count). The number of nitrogens with one attached hydrogen (secondary N) is 1. The Bertz CT molecular complexity index is 624. The summed E-state index contributed by atoms with van der Waals surface area (Å²) in [6, 6.07) is 10.2. The van der Waals surface area contributed by atoms with Gasteiger partial charge < -0.3 is 9.88 Å². The Hall–Kier alpha value is -1.82. The fraction of sp³-hybridized carbons (Fsp3) is 0.438. The first kappa shape index (κ1) is 16.5. The van der Waals surface area contributed by atoms with Crippen LogP contribution >= 0.6 is 11.8 Å². The first-order valence-electron chi connectivity index (χ1n) is 7.37. The summed E-state index contributed by atoms with van der Waals surface area (Å²) in [4.78, 5) is 12.1. The van der Waals surface area contributed by atoms with Gasteiger partial charge in [0, 0.05) is 6.04 Å². The topological polar surface area (TPSA) is 59.8 Å². The fourth-order valence-corrected chi connectivity index (χ4v) is 3.21. The highest BCUT2D eigenvalue weighted by Gasteiger charge is 2.15. The highest BCUT2D eigenvalue weighted by molar-refractivity contribution is 7.99. The lowest BCUT2D eigenvalue weighted by Gasteiger charge is -2.15. The van der Waals surface area contributed by atoms with E-state index in [2.05, 4.69) is 29.4 Å². The Kier molecular flexibility index (Phi) is 5.60. The second-order valence-electron chi connectivity index (χ2n) is 5.48. The molecular weight excluding hydrogens is 296 g/mol. The Balaban J connectivity index is 1.91. The number of aryl methyl sites for hydroxylation is 1. The van der Waals surface area contributed by atoms with Crippen LogP contribution < -0.4 is 5.32 Å². The lowest BCUT2D eigenvalue weighted by molar-refractivity contribution is -0.119. The normalized spacial score (nSPS) is 12.4. The molecule has 6 heteroatoms. The number of nitrogens with zero attached hydrogens (tertiary/aromatic N) is 3. The zero-order valence-corrected chi connectivity index (χ0v) is 14.2. The van der Waals surface area contributed by atoms with E-state index in [1.54, 1.807) is 0 Å². The summed E-state index contributed by atoms with van der Waals surface area (Å²) < 4.78 is 2.04. The Morgan fingerprint density at radius 3 is 2.55 bits per heavy atom. The summed E-state index contributed by atoms with van der Waals surface area (Å²) in [5, 5.41) is 12.0. The Labute approximate surface area is 135 Å². The van der Waals surface area contributed by atoms with E-state index in [9.17, 15) is 4.79 Å². The number of thioether (sulfide) groups is 1. The second kappa shape index (κ2) is 7.45. The number of benzene rings is 1. The first-order chi connectivity index (χ1) is 10.5. The van der Waals surface area contributed by atoms with Gasteiger partial charge in [0.15, 0.2) is 5.16 Å². The number of rotatable bonds is 6. The van der Waals surface area contributed by atoms with Gasteiger partial charge in [-0.1, -0.05) is 42.1 Å². The maximum Gasteiger partial charge on any atom is 0.230 e. The lowest BCUT2D eigenvalue weighted by Crippen LogP contribution is -2.28. The van der Waals surface area contributed by atoms with Crippen LogP contribution in [0.1, 0.15) is 44.2 Å². The molecule has 118 valence electrons. The van der Waals surface area contributed by atoms with E-state index < -0.39 is 0 Å². The third-order valence-electron chi connectivity index (χ3n) is 3.36. The van der Waals surface area contributed by atoms with E-state index in [0.717, 1.165) is 16.5 Å². The molecule has 1 unspecified atom stereocenters. The highest BCUT2D eigenvalue weighted by Crippen LogP contribution is 2.21. The predicted octanol–water partition coefficient (Wildman–Crippen LogP) is 3.14. The van der Waals surface area contributed by atoms with Gasteiger partial charge in [-0.2, -0.15) is 0 Å². The Morgan fingerprint density at radius 1 is 1.23 bits per heavy atom. The van der Waals surface area contributed by atoms with Crippen molar-refractivity contribution in [3.05, 3.63) is 41.7 Å². The molecule has 0 aliphatic heterocycles. The molecule has 22 heavy (non-hydrogen) atoms. The number of hydrogen-bond donors (Lipinski definition) is 1. The van der Waals surface area contributed by atoms with Gasteiger partial charge in [0.05, 0.1) is 11.8 Å². The third-order valence-corrected chi connectivity index (χ3v) is 4.30. The average Bonchev–Trinajstić information content (AvgIpc) is 2.87. The summed E-state index contributed by atoms with van der Waals surface area (Å²) in [5.41, 5.74) is 1.10. The molecule has 1 aromatic heterocycles. The van der Waals surface area contributed by atoms with E-state index >= 15 is 0 Å². The van der Waals surface area contributed by atoms with Gasteiger partial charge in [-0.05, 0) is 33.3 Å². The summed E-state index contributed by atoms with van der Waals surface area (Å²) in [5.74, 6) is 1.20. The van der Waals surface area contributed by atoms with E-state index in [-0.39, 0.29) is 18.0 Å². The van der Waals surface area contributed by atoms with Crippen LogP contribution in [0.5, 0.6) is 0 Å². The number of aromatic nitrogens is 3. The van der Waals surface area contributed by atoms with Gasteiger partial charge in [-0.3, -0.25) is 4.79 Å². The van der Waals surface area contributed by atoms with Crippen molar-refractivity contribution < 1.29 is 4.79 Å². The summed E-state index contributed by atoms with van der Waals surface area (Å²) in [6.45, 7) is 8.07. The van der Waals surface area contributed by atoms with Crippen molar-refractivity contribution in [2.24, 2.45) is 0 Å². The minimum atomic E-state index is -0.00249. The van der Waals surface area contributed by atoms with Gasteiger partial charge in [-0.15, -0.1) is 10.2 Å². The van der Waals surface area contributed by atoms with Gasteiger partial charge in [-0.25, -0.2) is 0 Å². The molecule has 1 atom stereocenters. The SMILES string of the molecule is Cc1nnc(SCC(=O)NC(C)c2ccccc2)n1C(C)C. The quantitative estimate of drug-likeness (QED) is 0.831. The molecule has 0 radical (unpaired) electrons. The molecule has 1 N–H and O–H groups in total. The maximum absolute atomic E-state index is 12.1. The minimum absolute atomic E-state index is 0.000922. The monoisotopic (exact) mass is 318 g/mol. The summed E-state index contributed by atoms with van der Waals surface area (Å²) in [6.07, 6.45) is 0. The number of carbonyl (C=O) groups excluding carboxylic acids is 1. The van der Waals surface area contributed by atoms with Crippen LogP contribution in [-0.2, 0) is 4.79 Å². The molecule has 0 bridgehead atoms. The van der Waals surface area contributed by atoms with Crippen molar-refractivity contribution in [1.29, 1.82) is 0 Å². The van der Waals surface area contributed by atoms with Crippen LogP contribution in [-0.4, -0.2) is 26.4 Å². The van der Waals surface area contributed by atoms with Crippen LogP contribution in [0, 0.1) is 6.92 Å². The lowest BCUT2D eigenvalue weighted by atomic mass is 10.1. The van der Waals surface area contributed by atoms with E-state index in [1.165, 1.54) is 11.8 Å². The zero-order chi connectivity index (χ0) is 16.1. The summed E-state index contributed by atoms with van der Waals surface area (Å²) >= 11 is 1.42. The van der Waals surface area contributed by atoms with E-state index in [1.807, 2.05) is 48.7 Å². The van der Waals surface area contributed by atoms with Crippen molar-refractivity contribution in [3.63, 3.8) is 0 Å². The van der Waals surface area contributed by atoms with Gasteiger partial charge in [0.25, 0.3) is 0 Å². The molecule has 0 saturated carbocycles. The van der Waals surface area contributed by atoms with Gasteiger partial charge in [0.1, 0.15) is 5.82 Å². The van der Waals surface area contributed by atoms with Crippen molar-refractivity contribution >= 4 is 17.7 Å². The Morgan fingerprint density at radius 2 is 1.91 bits per heavy atom. The van der Waals surface area contributed by atoms with E-state index in [0.29, 0.717) is 5.75 Å². The van der Waals surface area contributed by atoms with Crippen LogP contribution in [0.25, 0.3) is 0 Å². The standard InChI is InChI=1S/C16H22N4OS/c1-11(2)20-13(4)18-19-16(20)22-10-15(21)17-12(3)14-8-6-5-7-9-14/h5-9,11-12H,10H2,1-4H3,(H,17,21). The molecule has 1 aromatic carbocycles. The van der Waals surface area contributed by atoms with Crippen molar-refractivity contribution in [2.75, 3.05) is 5.75 Å². The molecular formula is C16H22N4OS. The van der Waals surface area contributed by atoms with Gasteiger partial charge in [0.2, 0.25) is 5.91 Å². The average molecular weight is 318 g/mol. The smallest absolute Gasteiger partial charge is 0.230 e. The molecule has 1 heterocycles. The third kappa shape index (κ3) is 4.10. The van der Waals surface area contributed by atoms with Crippen molar-refractivity contribution in [1.82, 2.24) is 20.1 Å². The fourth-order valence-electron chi connectivity index (χ4n) is 2.28. The largest absolute Gasteiger partial charge is 0.349 e. The second-order valence-corrected chi connectivity index (χ2v) is 6.42. The molecule has 0 fully saturated rings. The maximum atomic E-state index is 12.1. The number of amides is 1. The van der Waals surface area contributed by atoms with Gasteiger partial charge >= 0.3 is 0 Å². The molecule has 0 spiro atoms. The number of carbonyl (C=O) groups is 1. The van der Waals surface area contributed by atoms with Crippen molar-refractivity contribution in [3.8, 4) is 0 Å². The van der Waals surface area contributed by atoms with E-state index in [4.69, 9.17) is 0 Å². The predicted molar refractivity (Wildman–Crippen MR) is 88.9 cm³/mol.